The van der Waals surface area contributed by atoms with Crippen LogP contribution in [0, 0.1) is 0 Å². The van der Waals surface area contributed by atoms with Crippen LogP contribution in [0.2, 0.25) is 5.02 Å². The van der Waals surface area contributed by atoms with Gasteiger partial charge in [-0.3, -0.25) is 4.79 Å². The molecule has 0 radical (unpaired) electrons. The van der Waals surface area contributed by atoms with E-state index in [1.807, 2.05) is 25.1 Å². The average Bonchev–Trinajstić information content (AvgIpc) is 2.89. The molecule has 0 aliphatic carbocycles. The van der Waals surface area contributed by atoms with E-state index in [1.165, 1.54) is 6.20 Å². The lowest BCUT2D eigenvalue weighted by atomic mass is 10.0. The summed E-state index contributed by atoms with van der Waals surface area (Å²) in [4.78, 5) is 31.9. The number of aryl methyl sites for hydroxylation is 1. The first-order valence-electron chi connectivity index (χ1n) is 12.0. The number of anilines is 2. The Kier molecular flexibility index (Phi) is 6.76. The summed E-state index contributed by atoms with van der Waals surface area (Å²) in [6, 6.07) is 8.90. The quantitative estimate of drug-likeness (QED) is 0.388. The normalized spacial score (nSPS) is 16.1. The Morgan fingerprint density at radius 2 is 1.86 bits per heavy atom. The van der Waals surface area contributed by atoms with Crippen LogP contribution in [0.4, 0.5) is 20.4 Å². The second-order valence-corrected chi connectivity index (χ2v) is 9.67. The highest BCUT2D eigenvalue weighted by Crippen LogP contribution is 2.31. The number of rotatable bonds is 6. The first-order chi connectivity index (χ1) is 17.7. The van der Waals surface area contributed by atoms with Crippen LogP contribution in [-0.2, 0) is 13.5 Å². The molecule has 4 aromatic rings. The minimum absolute atomic E-state index is 0.139. The van der Waals surface area contributed by atoms with Crippen LogP contribution in [0.5, 0.6) is 0 Å². The average molecular weight is 526 g/mol. The van der Waals surface area contributed by atoms with Gasteiger partial charge < -0.3 is 14.8 Å². The molecule has 0 bridgehead atoms. The number of nitrogens with one attached hydrogen (secondary N) is 1. The topological polar surface area (TPSA) is 88.8 Å². The first kappa shape index (κ1) is 25.0. The van der Waals surface area contributed by atoms with Crippen molar-refractivity contribution < 1.29 is 8.78 Å². The molecule has 37 heavy (non-hydrogen) atoms. The monoisotopic (exact) mass is 525 g/mol. The summed E-state index contributed by atoms with van der Waals surface area (Å²) >= 11 is 6.43. The molecular formula is C26H26ClF2N7O. The fourth-order valence-electron chi connectivity index (χ4n) is 4.47. The number of pyridine rings is 1. The van der Waals surface area contributed by atoms with Gasteiger partial charge in [0.05, 0.1) is 28.5 Å². The highest BCUT2D eigenvalue weighted by molar-refractivity contribution is 6.31. The number of benzene rings is 1. The van der Waals surface area contributed by atoms with Crippen LogP contribution in [-0.4, -0.2) is 43.5 Å². The second-order valence-electron chi connectivity index (χ2n) is 9.26. The molecule has 8 nitrogen and oxygen atoms in total. The molecule has 1 aromatic carbocycles. The van der Waals surface area contributed by atoms with Crippen LogP contribution in [0.3, 0.4) is 0 Å². The number of nitrogens with zero attached hydrogens (tertiary/aromatic N) is 6. The Balaban J connectivity index is 1.45. The molecule has 0 spiro atoms. The van der Waals surface area contributed by atoms with E-state index < -0.39 is 5.92 Å². The third-order valence-corrected chi connectivity index (χ3v) is 6.93. The third kappa shape index (κ3) is 5.39. The van der Waals surface area contributed by atoms with Crippen LogP contribution in [0.25, 0.3) is 10.9 Å². The van der Waals surface area contributed by atoms with E-state index in [0.29, 0.717) is 34.6 Å². The molecule has 1 fully saturated rings. The smallest absolute Gasteiger partial charge is 0.252 e. The van der Waals surface area contributed by atoms with Crippen molar-refractivity contribution in [3.8, 4) is 0 Å². The van der Waals surface area contributed by atoms with Crippen molar-refractivity contribution >= 4 is 34.1 Å². The van der Waals surface area contributed by atoms with Crippen molar-refractivity contribution in [2.75, 3.05) is 23.3 Å². The molecule has 11 heteroatoms. The van der Waals surface area contributed by atoms with Crippen molar-refractivity contribution in [3.05, 3.63) is 81.4 Å². The molecule has 1 unspecified atom stereocenters. The van der Waals surface area contributed by atoms with Gasteiger partial charge in [0.2, 0.25) is 5.95 Å². The largest absolute Gasteiger partial charge is 0.375 e. The summed E-state index contributed by atoms with van der Waals surface area (Å²) in [6.45, 7) is 2.31. The predicted molar refractivity (Wildman–Crippen MR) is 140 cm³/mol. The fourth-order valence-corrected chi connectivity index (χ4v) is 4.62. The van der Waals surface area contributed by atoms with Crippen molar-refractivity contribution in [2.45, 2.75) is 38.2 Å². The Morgan fingerprint density at radius 1 is 1.14 bits per heavy atom. The molecule has 0 saturated carbocycles. The van der Waals surface area contributed by atoms with Crippen LogP contribution < -0.4 is 15.8 Å². The summed E-state index contributed by atoms with van der Waals surface area (Å²) in [5, 5.41) is 4.63. The minimum atomic E-state index is -2.65. The van der Waals surface area contributed by atoms with Crippen molar-refractivity contribution in [1.82, 2.24) is 24.5 Å². The third-order valence-electron chi connectivity index (χ3n) is 6.61. The highest BCUT2D eigenvalue weighted by atomic mass is 35.5. The van der Waals surface area contributed by atoms with Gasteiger partial charge in [0, 0.05) is 68.9 Å². The van der Waals surface area contributed by atoms with Gasteiger partial charge in [0.25, 0.3) is 11.5 Å². The van der Waals surface area contributed by atoms with Gasteiger partial charge in [0.15, 0.2) is 0 Å². The number of halogens is 3. The predicted octanol–water partition coefficient (Wildman–Crippen LogP) is 4.77. The Morgan fingerprint density at radius 3 is 2.59 bits per heavy atom. The van der Waals surface area contributed by atoms with Crippen LogP contribution >= 0.6 is 11.6 Å². The fraction of sp³-hybridized carbons (Fsp3) is 0.346. The zero-order valence-corrected chi connectivity index (χ0v) is 21.2. The van der Waals surface area contributed by atoms with E-state index >= 15 is 0 Å². The molecule has 3 aromatic heterocycles. The van der Waals surface area contributed by atoms with Crippen molar-refractivity contribution in [1.29, 1.82) is 0 Å². The lowest BCUT2D eigenvalue weighted by Crippen LogP contribution is -2.40. The molecule has 4 heterocycles. The number of aromatic nitrogens is 5. The van der Waals surface area contributed by atoms with E-state index in [9.17, 15) is 13.6 Å². The van der Waals surface area contributed by atoms with Crippen molar-refractivity contribution in [2.24, 2.45) is 7.05 Å². The first-order valence-corrected chi connectivity index (χ1v) is 12.4. The molecule has 1 aliphatic heterocycles. The van der Waals surface area contributed by atoms with E-state index in [4.69, 9.17) is 11.6 Å². The molecular weight excluding hydrogens is 500 g/mol. The van der Waals surface area contributed by atoms with E-state index in [-0.39, 0.29) is 37.5 Å². The number of fused-ring (bicyclic) bond motifs is 1. The molecule has 0 amide bonds. The van der Waals surface area contributed by atoms with Crippen molar-refractivity contribution in [3.63, 3.8) is 0 Å². The molecule has 192 valence electrons. The lowest BCUT2D eigenvalue weighted by molar-refractivity contribution is -0.0222. The van der Waals surface area contributed by atoms with Crippen LogP contribution in [0.15, 0.2) is 53.7 Å². The standard InChI is InChI=1S/C26H26ClF2N7O/c1-16(24-30-8-3-9-31-24)33-20-14-23(37)35(2)22-5-4-17(12-18(20)22)13-21-19(27)15-32-25(34-21)36-10-6-26(28,29)7-11-36/h3-5,8-9,12,14-16,33H,6-7,10-11,13H2,1-2H3. The lowest BCUT2D eigenvalue weighted by Gasteiger charge is -2.31. The molecule has 1 aliphatic rings. The van der Waals surface area contributed by atoms with Gasteiger partial charge in [-0.1, -0.05) is 17.7 Å². The maximum atomic E-state index is 13.6. The maximum Gasteiger partial charge on any atom is 0.252 e. The summed E-state index contributed by atoms with van der Waals surface area (Å²) < 4.78 is 28.8. The zero-order valence-electron chi connectivity index (χ0n) is 20.5. The molecule has 1 N–H and O–H groups in total. The Labute approximate surface area is 217 Å². The molecule has 5 rings (SSSR count). The Bertz CT molecular complexity index is 1490. The summed E-state index contributed by atoms with van der Waals surface area (Å²) in [5.74, 6) is -1.63. The number of hydrogen-bond acceptors (Lipinski definition) is 7. The van der Waals surface area contributed by atoms with E-state index in [1.54, 1.807) is 41.0 Å². The zero-order chi connectivity index (χ0) is 26.2. The van der Waals surface area contributed by atoms with Gasteiger partial charge in [-0.25, -0.2) is 28.7 Å². The number of alkyl halides is 2. The van der Waals surface area contributed by atoms with E-state index in [2.05, 4.69) is 25.3 Å². The number of hydrogen-bond donors (Lipinski definition) is 1. The highest BCUT2D eigenvalue weighted by Gasteiger charge is 2.34. The summed E-state index contributed by atoms with van der Waals surface area (Å²) in [6.07, 6.45) is 4.84. The minimum Gasteiger partial charge on any atom is -0.375 e. The van der Waals surface area contributed by atoms with Gasteiger partial charge >= 0.3 is 0 Å². The Hall–Kier alpha value is -3.66. The summed E-state index contributed by atoms with van der Waals surface area (Å²) in [7, 11) is 1.73. The van der Waals surface area contributed by atoms with Crippen LogP contribution in [0.1, 0.15) is 42.9 Å². The number of piperidine rings is 1. The summed E-state index contributed by atoms with van der Waals surface area (Å²) in [5.41, 5.74) is 2.83. The van der Waals surface area contributed by atoms with E-state index in [0.717, 1.165) is 16.5 Å². The molecule has 1 atom stereocenters. The van der Waals surface area contributed by atoms with Gasteiger partial charge in [-0.2, -0.15) is 0 Å². The van der Waals surface area contributed by atoms with Gasteiger partial charge in [0.1, 0.15) is 5.82 Å². The molecule has 1 saturated heterocycles. The SMILES string of the molecule is CC(Nc1cc(=O)n(C)c2ccc(Cc3nc(N4CCC(F)(F)CC4)ncc3Cl)cc12)c1ncccn1. The maximum absolute atomic E-state index is 13.6. The van der Waals surface area contributed by atoms with Gasteiger partial charge in [-0.15, -0.1) is 0 Å². The van der Waals surface area contributed by atoms with Gasteiger partial charge in [-0.05, 0) is 30.7 Å². The second kappa shape index (κ2) is 10.0.